The highest BCUT2D eigenvalue weighted by Crippen LogP contribution is 2.25. The molecule has 2 heterocycles. The zero-order valence-corrected chi connectivity index (χ0v) is 18.7. The van der Waals surface area contributed by atoms with E-state index in [4.69, 9.17) is 4.42 Å². The number of hydrogen-bond acceptors (Lipinski definition) is 6. The van der Waals surface area contributed by atoms with Crippen LogP contribution in [0.25, 0.3) is 0 Å². The highest BCUT2D eigenvalue weighted by atomic mass is 32.2. The van der Waals surface area contributed by atoms with Crippen molar-refractivity contribution >= 4 is 26.0 Å². The molecule has 2 N–H and O–H groups in total. The second-order valence-corrected chi connectivity index (χ2v) is 11.6. The van der Waals surface area contributed by atoms with E-state index in [1.807, 2.05) is 0 Å². The zero-order valence-electron chi connectivity index (χ0n) is 17.1. The summed E-state index contributed by atoms with van der Waals surface area (Å²) < 4.78 is 59.7. The Balaban J connectivity index is 1.36. The van der Waals surface area contributed by atoms with E-state index in [1.54, 1.807) is 19.1 Å². The van der Waals surface area contributed by atoms with Crippen LogP contribution in [0.4, 0.5) is 0 Å². The molecule has 0 radical (unpaired) electrons. The van der Waals surface area contributed by atoms with Gasteiger partial charge in [0.25, 0.3) is 5.91 Å². The van der Waals surface area contributed by atoms with Crippen LogP contribution in [-0.2, 0) is 20.0 Å². The Morgan fingerprint density at radius 2 is 1.52 bits per heavy atom. The van der Waals surface area contributed by atoms with Crippen LogP contribution in [0.1, 0.15) is 42.0 Å². The van der Waals surface area contributed by atoms with Gasteiger partial charge in [-0.05, 0) is 69.0 Å². The number of sulfonamides is 2. The van der Waals surface area contributed by atoms with Crippen molar-refractivity contribution in [2.45, 2.75) is 54.5 Å². The topological polar surface area (TPSA) is 126 Å². The Hall–Kier alpha value is -2.21. The molecule has 1 saturated carbocycles. The van der Waals surface area contributed by atoms with Crippen LogP contribution >= 0.6 is 0 Å². The number of amides is 1. The van der Waals surface area contributed by atoms with Crippen molar-refractivity contribution in [1.29, 1.82) is 0 Å². The van der Waals surface area contributed by atoms with E-state index in [9.17, 15) is 21.6 Å². The van der Waals surface area contributed by atoms with Crippen LogP contribution in [0.2, 0.25) is 0 Å². The fourth-order valence-corrected chi connectivity index (χ4v) is 6.26. The van der Waals surface area contributed by atoms with Crippen molar-refractivity contribution in [1.82, 2.24) is 14.3 Å². The molecule has 9 nitrogen and oxygen atoms in total. The Labute approximate surface area is 181 Å². The van der Waals surface area contributed by atoms with E-state index in [2.05, 4.69) is 10.0 Å². The lowest BCUT2D eigenvalue weighted by Crippen LogP contribution is -2.46. The number of furan rings is 1. The number of nitrogens with one attached hydrogen (secondary N) is 2. The molecule has 4 rings (SSSR count). The molecule has 1 aromatic carbocycles. The van der Waals surface area contributed by atoms with E-state index in [0.29, 0.717) is 18.6 Å². The average molecular weight is 468 g/mol. The van der Waals surface area contributed by atoms with Gasteiger partial charge in [-0.3, -0.25) is 4.79 Å². The third-order valence-corrected chi connectivity index (χ3v) is 8.87. The zero-order chi connectivity index (χ0) is 22.2. The first-order valence-corrected chi connectivity index (χ1v) is 13.1. The Kier molecular flexibility index (Phi) is 5.95. The van der Waals surface area contributed by atoms with Gasteiger partial charge in [-0.15, -0.1) is 0 Å². The summed E-state index contributed by atoms with van der Waals surface area (Å²) in [4.78, 5) is 12.3. The van der Waals surface area contributed by atoms with Gasteiger partial charge in [-0.25, -0.2) is 21.6 Å². The van der Waals surface area contributed by atoms with Crippen molar-refractivity contribution in [2.75, 3.05) is 13.1 Å². The fourth-order valence-electron chi connectivity index (χ4n) is 3.48. The number of piperidine rings is 1. The maximum Gasteiger partial charge on any atom is 0.287 e. The van der Waals surface area contributed by atoms with Crippen molar-refractivity contribution in [3.8, 4) is 0 Å². The predicted octanol–water partition coefficient (Wildman–Crippen LogP) is 1.61. The number of nitrogens with zero attached hydrogens (tertiary/aromatic N) is 1. The maximum atomic E-state index is 12.9. The molecule has 2 fully saturated rings. The van der Waals surface area contributed by atoms with Gasteiger partial charge in [0.05, 0.1) is 9.79 Å². The van der Waals surface area contributed by atoms with Crippen LogP contribution in [-0.4, -0.2) is 52.2 Å². The normalized spacial score (nSPS) is 18.7. The molecule has 31 heavy (non-hydrogen) atoms. The first-order valence-electron chi connectivity index (χ1n) is 10.1. The molecule has 1 amide bonds. The highest BCUT2D eigenvalue weighted by Gasteiger charge is 2.31. The van der Waals surface area contributed by atoms with E-state index in [1.165, 1.54) is 28.6 Å². The number of benzene rings is 1. The highest BCUT2D eigenvalue weighted by molar-refractivity contribution is 7.89. The van der Waals surface area contributed by atoms with Crippen molar-refractivity contribution in [2.24, 2.45) is 0 Å². The van der Waals surface area contributed by atoms with Gasteiger partial charge in [0, 0.05) is 25.2 Å². The Bertz CT molecular complexity index is 1160. The third kappa shape index (κ3) is 5.00. The second kappa shape index (κ2) is 8.38. The first-order chi connectivity index (χ1) is 14.6. The molecule has 0 unspecified atom stereocenters. The second-order valence-electron chi connectivity index (χ2n) is 7.93. The lowest BCUT2D eigenvalue weighted by Gasteiger charge is -2.31. The largest absolute Gasteiger partial charge is 0.456 e. The number of carbonyl (C=O) groups is 1. The molecular weight excluding hydrogens is 442 g/mol. The van der Waals surface area contributed by atoms with E-state index in [-0.39, 0.29) is 46.6 Å². The monoisotopic (exact) mass is 467 g/mol. The summed E-state index contributed by atoms with van der Waals surface area (Å²) in [5, 5.41) is 2.88. The summed E-state index contributed by atoms with van der Waals surface area (Å²) in [6.07, 6.45) is 2.59. The first kappa shape index (κ1) is 22.0. The van der Waals surface area contributed by atoms with Gasteiger partial charge in [-0.1, -0.05) is 0 Å². The lowest BCUT2D eigenvalue weighted by molar-refractivity contribution is 0.0894. The smallest absolute Gasteiger partial charge is 0.287 e. The van der Waals surface area contributed by atoms with E-state index >= 15 is 0 Å². The predicted molar refractivity (Wildman–Crippen MR) is 112 cm³/mol. The molecule has 0 bridgehead atoms. The van der Waals surface area contributed by atoms with Crippen LogP contribution in [0.5, 0.6) is 0 Å². The Morgan fingerprint density at radius 1 is 0.903 bits per heavy atom. The summed E-state index contributed by atoms with van der Waals surface area (Å²) in [5.41, 5.74) is 0. The SMILES string of the molecule is Cc1ccc(C(=O)NC2CCN(S(=O)(=O)c3ccc(S(=O)(=O)NC4CC4)cc3)CC2)o1. The van der Waals surface area contributed by atoms with Crippen LogP contribution < -0.4 is 10.0 Å². The molecule has 2 aromatic rings. The lowest BCUT2D eigenvalue weighted by atomic mass is 10.1. The summed E-state index contributed by atoms with van der Waals surface area (Å²) in [6, 6.07) is 8.42. The molecule has 1 aliphatic carbocycles. The molecule has 1 saturated heterocycles. The van der Waals surface area contributed by atoms with Crippen molar-refractivity contribution in [3.05, 3.63) is 47.9 Å². The van der Waals surface area contributed by atoms with E-state index < -0.39 is 20.0 Å². The van der Waals surface area contributed by atoms with Gasteiger partial charge >= 0.3 is 0 Å². The van der Waals surface area contributed by atoms with Crippen LogP contribution in [0.3, 0.4) is 0 Å². The fraction of sp³-hybridized carbons (Fsp3) is 0.450. The molecule has 1 aliphatic heterocycles. The molecule has 2 aliphatic rings. The number of aryl methyl sites for hydroxylation is 1. The molecule has 1 aromatic heterocycles. The molecule has 0 spiro atoms. The maximum absolute atomic E-state index is 12.9. The number of hydrogen-bond donors (Lipinski definition) is 2. The number of carbonyl (C=O) groups excluding carboxylic acids is 1. The molecular formula is C20H25N3O6S2. The Morgan fingerprint density at radius 3 is 2.06 bits per heavy atom. The molecule has 0 atom stereocenters. The minimum absolute atomic E-state index is 0.0213. The van der Waals surface area contributed by atoms with Crippen LogP contribution in [0.15, 0.2) is 50.6 Å². The summed E-state index contributed by atoms with van der Waals surface area (Å²) in [7, 11) is -7.38. The summed E-state index contributed by atoms with van der Waals surface area (Å²) >= 11 is 0. The van der Waals surface area contributed by atoms with Gasteiger partial charge in [0.2, 0.25) is 20.0 Å². The van der Waals surface area contributed by atoms with Crippen molar-refractivity contribution in [3.63, 3.8) is 0 Å². The van der Waals surface area contributed by atoms with Gasteiger partial charge in [0.1, 0.15) is 5.76 Å². The average Bonchev–Trinajstić information content (AvgIpc) is 3.43. The summed E-state index contributed by atoms with van der Waals surface area (Å²) in [5.74, 6) is 0.568. The molecule has 11 heteroatoms. The quantitative estimate of drug-likeness (QED) is 0.637. The standard InChI is InChI=1S/C20H25N3O6S2/c1-14-2-9-19(29-14)20(24)21-15-10-12-23(13-11-15)31(27,28)18-7-5-17(6-8-18)30(25,26)22-16-3-4-16/h2,5-9,15-16,22H,3-4,10-13H2,1H3,(H,21,24). The van der Waals surface area contributed by atoms with Crippen molar-refractivity contribution < 1.29 is 26.0 Å². The summed E-state index contributed by atoms with van der Waals surface area (Å²) in [6.45, 7) is 2.27. The minimum atomic E-state index is -3.75. The molecule has 168 valence electrons. The van der Waals surface area contributed by atoms with Gasteiger partial charge < -0.3 is 9.73 Å². The minimum Gasteiger partial charge on any atom is -0.456 e. The van der Waals surface area contributed by atoms with E-state index in [0.717, 1.165) is 12.8 Å². The van der Waals surface area contributed by atoms with Crippen LogP contribution in [0, 0.1) is 6.92 Å². The third-order valence-electron chi connectivity index (χ3n) is 5.42. The number of rotatable bonds is 7. The van der Waals surface area contributed by atoms with Gasteiger partial charge in [0.15, 0.2) is 5.76 Å². The van der Waals surface area contributed by atoms with Gasteiger partial charge in [-0.2, -0.15) is 4.31 Å².